The Morgan fingerprint density at radius 1 is 1.14 bits per heavy atom. The summed E-state index contributed by atoms with van der Waals surface area (Å²) in [5.74, 6) is 0. The van der Waals surface area contributed by atoms with Crippen LogP contribution >= 0.6 is 12.4 Å². The highest BCUT2D eigenvalue weighted by Crippen LogP contribution is 2.19. The number of halogens is 1. The molecule has 5 heteroatoms. The molecule has 0 unspecified atom stereocenters. The zero-order valence-electron chi connectivity index (χ0n) is 13.2. The van der Waals surface area contributed by atoms with Crippen molar-refractivity contribution < 1.29 is 0 Å². The summed E-state index contributed by atoms with van der Waals surface area (Å²) in [5, 5.41) is 4.51. The van der Waals surface area contributed by atoms with Gasteiger partial charge in [-0.3, -0.25) is 9.69 Å². The molecule has 0 saturated carbocycles. The first kappa shape index (κ1) is 17.0. The van der Waals surface area contributed by atoms with Gasteiger partial charge in [-0.25, -0.2) is 0 Å². The summed E-state index contributed by atoms with van der Waals surface area (Å²) in [5.41, 5.74) is 4.46. The molecule has 0 bridgehead atoms. The fourth-order valence-corrected chi connectivity index (χ4v) is 3.00. The molecule has 1 aliphatic rings. The molecule has 1 saturated heterocycles. The zero-order chi connectivity index (χ0) is 14.8. The maximum Gasteiger partial charge on any atom is 0.251 e. The molecule has 1 aromatic heterocycles. The molecule has 2 heterocycles. The van der Waals surface area contributed by atoms with Crippen LogP contribution in [0.4, 0.5) is 0 Å². The molecule has 1 aromatic carbocycles. The van der Waals surface area contributed by atoms with Gasteiger partial charge in [0.15, 0.2) is 0 Å². The van der Waals surface area contributed by atoms with Gasteiger partial charge in [-0.2, -0.15) is 0 Å². The second-order valence-corrected chi connectivity index (χ2v) is 5.87. The minimum atomic E-state index is 0. The molecule has 0 amide bonds. The van der Waals surface area contributed by atoms with Gasteiger partial charge in [0.2, 0.25) is 0 Å². The highest BCUT2D eigenvalue weighted by atomic mass is 35.5. The minimum absolute atomic E-state index is 0. The van der Waals surface area contributed by atoms with Crippen LogP contribution in [0.15, 0.2) is 23.0 Å². The lowest BCUT2D eigenvalue weighted by Gasteiger charge is -2.27. The molecule has 2 aromatic rings. The Morgan fingerprint density at radius 2 is 1.86 bits per heavy atom. The molecule has 2 N–H and O–H groups in total. The molecule has 4 nitrogen and oxygen atoms in total. The molecule has 0 radical (unpaired) electrons. The van der Waals surface area contributed by atoms with Crippen LogP contribution < -0.4 is 10.9 Å². The summed E-state index contributed by atoms with van der Waals surface area (Å²) in [6, 6.07) is 6.37. The number of aromatic nitrogens is 1. The molecule has 3 rings (SSSR count). The molecule has 120 valence electrons. The highest BCUT2D eigenvalue weighted by Gasteiger charge is 2.12. The maximum atomic E-state index is 12.0. The first-order valence-corrected chi connectivity index (χ1v) is 7.76. The monoisotopic (exact) mass is 321 g/mol. The van der Waals surface area contributed by atoms with Gasteiger partial charge in [0.05, 0.1) is 0 Å². The van der Waals surface area contributed by atoms with E-state index >= 15 is 0 Å². The lowest BCUT2D eigenvalue weighted by molar-refractivity contribution is 0.233. The number of fused-ring (bicyclic) bond motifs is 1. The van der Waals surface area contributed by atoms with Gasteiger partial charge in [-0.15, -0.1) is 12.4 Å². The average Bonchev–Trinajstić information content (AvgIpc) is 2.49. The van der Waals surface area contributed by atoms with E-state index in [1.54, 1.807) is 0 Å². The highest BCUT2D eigenvalue weighted by molar-refractivity contribution is 5.85. The van der Waals surface area contributed by atoms with Crippen molar-refractivity contribution in [3.8, 4) is 0 Å². The SMILES string of the molecule is CCc1cc2cc(C)c(CN3CCNCC3)cc2[nH]c1=O.Cl. The third-order valence-electron chi connectivity index (χ3n) is 4.36. The number of nitrogens with one attached hydrogen (secondary N) is 2. The molecule has 1 fully saturated rings. The second-order valence-electron chi connectivity index (χ2n) is 5.87. The van der Waals surface area contributed by atoms with Gasteiger partial charge >= 0.3 is 0 Å². The first-order valence-electron chi connectivity index (χ1n) is 7.76. The van der Waals surface area contributed by atoms with Crippen molar-refractivity contribution >= 4 is 23.3 Å². The van der Waals surface area contributed by atoms with Crippen molar-refractivity contribution in [3.63, 3.8) is 0 Å². The van der Waals surface area contributed by atoms with Crippen LogP contribution in [0.1, 0.15) is 23.6 Å². The van der Waals surface area contributed by atoms with Crippen molar-refractivity contribution in [2.45, 2.75) is 26.8 Å². The smallest absolute Gasteiger partial charge is 0.251 e. The lowest BCUT2D eigenvalue weighted by atomic mass is 10.0. The second kappa shape index (κ2) is 7.27. The molecule has 22 heavy (non-hydrogen) atoms. The number of hydrogen-bond donors (Lipinski definition) is 2. The van der Waals surface area contributed by atoms with E-state index in [9.17, 15) is 4.79 Å². The van der Waals surface area contributed by atoms with E-state index in [2.05, 4.69) is 34.3 Å². The van der Waals surface area contributed by atoms with Crippen molar-refractivity contribution in [2.24, 2.45) is 0 Å². The van der Waals surface area contributed by atoms with Crippen LogP contribution in [0.3, 0.4) is 0 Å². The predicted molar refractivity (Wildman–Crippen MR) is 94.1 cm³/mol. The quantitative estimate of drug-likeness (QED) is 0.911. The number of pyridine rings is 1. The van der Waals surface area contributed by atoms with Gasteiger partial charge in [0.1, 0.15) is 0 Å². The van der Waals surface area contributed by atoms with E-state index in [-0.39, 0.29) is 18.0 Å². The maximum absolute atomic E-state index is 12.0. The zero-order valence-corrected chi connectivity index (χ0v) is 14.1. The topological polar surface area (TPSA) is 48.1 Å². The number of piperazine rings is 1. The van der Waals surface area contributed by atoms with E-state index in [0.717, 1.165) is 55.6 Å². The minimum Gasteiger partial charge on any atom is -0.322 e. The Bertz CT molecular complexity index is 705. The Labute approximate surface area is 137 Å². The standard InChI is InChI=1S/C17H23N3O.ClH/c1-3-13-9-14-8-12(2)15(10-16(14)19-17(13)21)11-20-6-4-18-5-7-20;/h8-10,18H,3-7,11H2,1-2H3,(H,19,21);1H. The number of aromatic amines is 1. The number of H-pyrrole nitrogens is 1. The Hall–Kier alpha value is -1.36. The summed E-state index contributed by atoms with van der Waals surface area (Å²) in [6.45, 7) is 9.43. The third kappa shape index (κ3) is 3.51. The van der Waals surface area contributed by atoms with Gasteiger partial charge in [0.25, 0.3) is 5.56 Å². The van der Waals surface area contributed by atoms with E-state index in [0.29, 0.717) is 0 Å². The van der Waals surface area contributed by atoms with Gasteiger partial charge in [0, 0.05) is 43.8 Å². The molecular formula is C17H24ClN3O. The summed E-state index contributed by atoms with van der Waals surface area (Å²) >= 11 is 0. The predicted octanol–water partition coefficient (Wildman–Crippen LogP) is 2.23. The van der Waals surface area contributed by atoms with Crippen molar-refractivity contribution in [1.29, 1.82) is 0 Å². The number of rotatable bonds is 3. The molecule has 0 aliphatic carbocycles. The molecule has 0 spiro atoms. The molecule has 1 aliphatic heterocycles. The van der Waals surface area contributed by atoms with Crippen molar-refractivity contribution in [2.75, 3.05) is 26.2 Å². The van der Waals surface area contributed by atoms with Crippen LogP contribution in [-0.2, 0) is 13.0 Å². The lowest BCUT2D eigenvalue weighted by Crippen LogP contribution is -2.43. The van der Waals surface area contributed by atoms with E-state index in [4.69, 9.17) is 0 Å². The number of hydrogen-bond acceptors (Lipinski definition) is 3. The van der Waals surface area contributed by atoms with E-state index in [1.807, 2.05) is 13.0 Å². The van der Waals surface area contributed by atoms with Crippen LogP contribution in [0.5, 0.6) is 0 Å². The molecular weight excluding hydrogens is 298 g/mol. The third-order valence-corrected chi connectivity index (χ3v) is 4.36. The van der Waals surface area contributed by atoms with Crippen LogP contribution in [0.25, 0.3) is 10.9 Å². The van der Waals surface area contributed by atoms with Gasteiger partial charge in [-0.05, 0) is 48.1 Å². The number of nitrogens with zero attached hydrogens (tertiary/aromatic N) is 1. The fraction of sp³-hybridized carbons (Fsp3) is 0.471. The molecule has 0 atom stereocenters. The van der Waals surface area contributed by atoms with E-state index < -0.39 is 0 Å². The Kier molecular flexibility index (Phi) is 5.62. The van der Waals surface area contributed by atoms with E-state index in [1.165, 1.54) is 11.1 Å². The van der Waals surface area contributed by atoms with Crippen LogP contribution in [0.2, 0.25) is 0 Å². The van der Waals surface area contributed by atoms with Gasteiger partial charge < -0.3 is 10.3 Å². The Morgan fingerprint density at radius 3 is 2.55 bits per heavy atom. The first-order chi connectivity index (χ1) is 10.2. The largest absolute Gasteiger partial charge is 0.322 e. The summed E-state index contributed by atoms with van der Waals surface area (Å²) in [4.78, 5) is 17.5. The average molecular weight is 322 g/mol. The fourth-order valence-electron chi connectivity index (χ4n) is 3.00. The van der Waals surface area contributed by atoms with Crippen LogP contribution in [-0.4, -0.2) is 36.1 Å². The van der Waals surface area contributed by atoms with Crippen molar-refractivity contribution in [1.82, 2.24) is 15.2 Å². The van der Waals surface area contributed by atoms with Crippen molar-refractivity contribution in [3.05, 3.63) is 45.2 Å². The van der Waals surface area contributed by atoms with Gasteiger partial charge in [-0.1, -0.05) is 6.92 Å². The summed E-state index contributed by atoms with van der Waals surface area (Å²) < 4.78 is 0. The normalized spacial score (nSPS) is 15.7. The summed E-state index contributed by atoms with van der Waals surface area (Å²) in [6.07, 6.45) is 0.771. The van der Waals surface area contributed by atoms with Crippen LogP contribution in [0, 0.1) is 6.92 Å². The number of aryl methyl sites for hydroxylation is 2. The summed E-state index contributed by atoms with van der Waals surface area (Å²) in [7, 11) is 0. The number of benzene rings is 1. The Balaban J connectivity index is 0.00000176.